The van der Waals surface area contributed by atoms with Gasteiger partial charge in [0.05, 0.1) is 0 Å². The van der Waals surface area contributed by atoms with Crippen LogP contribution in [0.15, 0.2) is 109 Å². The third kappa shape index (κ3) is 3.43. The minimum atomic E-state index is -5.66. The van der Waals surface area contributed by atoms with Crippen LogP contribution >= 0.6 is 0 Å². The Morgan fingerprint density at radius 2 is 1.45 bits per heavy atom. The number of fused-ring (bicyclic) bond motifs is 2. The molecule has 0 bridgehead atoms. The normalized spacial score (nSPS) is 23.2. The summed E-state index contributed by atoms with van der Waals surface area (Å²) in [5.74, 6) is 0. The van der Waals surface area contributed by atoms with E-state index < -0.39 is 15.1 Å². The van der Waals surface area contributed by atoms with E-state index in [4.69, 9.17) is 4.26 Å². The van der Waals surface area contributed by atoms with Gasteiger partial charge < -0.3 is 0 Å². The predicted molar refractivity (Wildman–Crippen MR) is 178 cm³/mol. The van der Waals surface area contributed by atoms with Gasteiger partial charge >= 0.3 is 240 Å². The van der Waals surface area contributed by atoms with Crippen molar-refractivity contribution in [2.75, 3.05) is 0 Å². The van der Waals surface area contributed by atoms with Crippen LogP contribution in [0, 0.1) is 16.2 Å². The average Bonchev–Trinajstić information content (AvgIpc) is 3.55. The van der Waals surface area contributed by atoms with E-state index in [-0.39, 0.29) is 23.6 Å². The van der Waals surface area contributed by atoms with Crippen LogP contribution in [0.25, 0.3) is 5.57 Å². The van der Waals surface area contributed by atoms with E-state index in [0.717, 1.165) is 17.0 Å². The van der Waals surface area contributed by atoms with Gasteiger partial charge in [0, 0.05) is 0 Å². The fraction of sp³-hybridized carbons (Fsp3) is 0.410. The Kier molecular flexibility index (Phi) is 5.90. The van der Waals surface area contributed by atoms with Gasteiger partial charge in [-0.25, -0.2) is 0 Å². The molecule has 0 amide bonds. The number of allylic oxidation sites excluding steroid dienone is 9. The quantitative estimate of drug-likeness (QED) is 0.208. The van der Waals surface area contributed by atoms with E-state index in [2.05, 4.69) is 155 Å². The summed E-state index contributed by atoms with van der Waals surface area (Å²) < 4.78 is 14.4. The fourth-order valence-electron chi connectivity index (χ4n) is 10.4. The van der Waals surface area contributed by atoms with Crippen molar-refractivity contribution in [2.24, 2.45) is 16.2 Å². The summed E-state index contributed by atoms with van der Waals surface area (Å²) in [6.45, 7) is 18.9. The van der Waals surface area contributed by atoms with Gasteiger partial charge in [-0.1, -0.05) is 0 Å². The summed E-state index contributed by atoms with van der Waals surface area (Å²) in [5, 5.41) is 0. The Hall–Kier alpha value is -2.12. The summed E-state index contributed by atoms with van der Waals surface area (Å²) in [7, 11) is 0. The molecule has 0 radical (unpaired) electrons. The predicted octanol–water partition coefficient (Wildman–Crippen LogP) is 11.1. The van der Waals surface area contributed by atoms with Crippen molar-refractivity contribution in [3.05, 3.63) is 120 Å². The zero-order chi connectivity index (χ0) is 29.4. The molecule has 0 aliphatic heterocycles. The molecule has 1 atom stereocenters. The molecule has 2 aromatic rings. The summed E-state index contributed by atoms with van der Waals surface area (Å²) in [4.78, 5) is 0. The Labute approximate surface area is 238 Å². The third-order valence-corrected chi connectivity index (χ3v) is 56.4. The molecule has 0 spiro atoms. The molecule has 0 heterocycles. The van der Waals surface area contributed by atoms with Crippen LogP contribution < -0.4 is 3.32 Å². The average molecular weight is 699 g/mol. The molecule has 2 aromatic carbocycles. The van der Waals surface area contributed by atoms with Crippen molar-refractivity contribution in [2.45, 2.75) is 75.3 Å². The third-order valence-electron chi connectivity index (χ3n) is 13.0. The zero-order valence-corrected chi connectivity index (χ0v) is 30.0. The molecule has 0 saturated heterocycles. The number of hydrogen-bond donors (Lipinski definition) is 0. The number of rotatable bonds is 6. The molecule has 212 valence electrons. The van der Waals surface area contributed by atoms with Crippen LogP contribution in [0.2, 0.25) is 17.2 Å². The maximum absolute atomic E-state index is 5.89. The maximum atomic E-state index is 5.89. The zero-order valence-electron chi connectivity index (χ0n) is 26.4. The molecular weight excluding hydrogens is 647 g/mol. The van der Waals surface area contributed by atoms with Gasteiger partial charge in [0.2, 0.25) is 0 Å². The van der Waals surface area contributed by atoms with E-state index in [9.17, 15) is 0 Å². The number of benzene rings is 2. The van der Waals surface area contributed by atoms with Crippen LogP contribution in [-0.2, 0) is 15.1 Å². The Morgan fingerprint density at radius 3 is 2.02 bits per heavy atom. The van der Waals surface area contributed by atoms with E-state index in [1.807, 2.05) is 0 Å². The molecule has 40 heavy (non-hydrogen) atoms. The summed E-state index contributed by atoms with van der Waals surface area (Å²) in [6.07, 6.45) is 18.8. The molecule has 1 heteroatoms. The molecule has 0 nitrogen and oxygen atoms in total. The van der Waals surface area contributed by atoms with E-state index in [1.165, 1.54) is 20.0 Å². The van der Waals surface area contributed by atoms with Gasteiger partial charge in [-0.2, -0.15) is 0 Å². The first-order valence-electron chi connectivity index (χ1n) is 15.5. The van der Waals surface area contributed by atoms with Gasteiger partial charge in [-0.3, -0.25) is 0 Å². The molecule has 3 aliphatic carbocycles. The van der Waals surface area contributed by atoms with E-state index in [0.29, 0.717) is 0 Å². The number of hydrogen-bond acceptors (Lipinski definition) is 0. The van der Waals surface area contributed by atoms with E-state index in [1.54, 1.807) is 5.57 Å². The second kappa shape index (κ2) is 8.03. The molecule has 0 aromatic heterocycles. The van der Waals surface area contributed by atoms with Crippen molar-refractivity contribution < 1.29 is 15.1 Å². The van der Waals surface area contributed by atoms with Crippen LogP contribution in [0.4, 0.5) is 0 Å². The summed E-state index contributed by atoms with van der Waals surface area (Å²) in [6, 6.07) is 20.8. The van der Waals surface area contributed by atoms with Gasteiger partial charge in [-0.05, 0) is 0 Å². The van der Waals surface area contributed by atoms with Crippen molar-refractivity contribution in [3.63, 3.8) is 0 Å². The van der Waals surface area contributed by atoms with Gasteiger partial charge in [0.15, 0.2) is 0 Å². The molecule has 1 unspecified atom stereocenters. The van der Waals surface area contributed by atoms with Crippen LogP contribution in [-0.4, -0.2) is 4.26 Å². The molecule has 0 fully saturated rings. The van der Waals surface area contributed by atoms with E-state index >= 15 is 0 Å². The van der Waals surface area contributed by atoms with Gasteiger partial charge in [0.25, 0.3) is 0 Å². The summed E-state index contributed by atoms with van der Waals surface area (Å²) >= 11 is -5.66. The van der Waals surface area contributed by atoms with Crippen LogP contribution in [0.3, 0.4) is 0 Å². The topological polar surface area (TPSA) is 0 Å². The van der Waals surface area contributed by atoms with Gasteiger partial charge in [0.1, 0.15) is 0 Å². The van der Waals surface area contributed by atoms with Gasteiger partial charge in [-0.15, -0.1) is 0 Å². The summed E-state index contributed by atoms with van der Waals surface area (Å²) in [5.41, 5.74) is 6.17. The van der Waals surface area contributed by atoms with Crippen molar-refractivity contribution in [1.29, 1.82) is 0 Å². The first-order chi connectivity index (χ1) is 18.4. The second-order valence-corrected chi connectivity index (χ2v) is 65.3. The molecule has 0 saturated carbocycles. The Balaban J connectivity index is 1.99. The van der Waals surface area contributed by atoms with Crippen LogP contribution in [0.5, 0.6) is 0 Å². The van der Waals surface area contributed by atoms with Crippen LogP contribution in [0.1, 0.15) is 69.2 Å². The first kappa shape index (κ1) is 29.4. The van der Waals surface area contributed by atoms with Crippen molar-refractivity contribution in [3.8, 4) is 0 Å². The Morgan fingerprint density at radius 1 is 0.875 bits per heavy atom. The second-order valence-electron chi connectivity index (χ2n) is 17.9. The molecule has 5 rings (SSSR count). The first-order valence-corrected chi connectivity index (χ1v) is 33.7. The molecular formula is C39H52Hf. The minimum absolute atomic E-state index is 0.00836. The standard InChI is InChI=1S/C21H27.C6H5.C5H5.C4H7.2CH3.CH2.Hf/c1-19(2,3)21(20(4,5)6)12-11-18-16(14-21)13-15-9-7-8-10-17(15)18;1-2-4-6-5-3-1;1-2-4-5-3-1;1-3-4-2;;;;/h7-13H,14H2,1-6H3;1-5H;1-5H;3H,1-2,4H2;2*1H3;1H2;. The van der Waals surface area contributed by atoms with Crippen molar-refractivity contribution >= 4 is 13.2 Å². The molecule has 3 aliphatic rings. The van der Waals surface area contributed by atoms with Crippen molar-refractivity contribution in [1.82, 2.24) is 0 Å². The SMILES string of the molecule is C=CC[CH2][Hf](=[CH2])([CH3])([CH3])([c]1ccccc1)([CH]1C=CC=C1)[CH]1C2=C(C=CC(C(C)(C)C)(C(C)(C)C)C2)c2ccccc21. The Bertz CT molecular complexity index is 1600. The monoisotopic (exact) mass is 700 g/mol. The fourth-order valence-corrected chi connectivity index (χ4v) is 48.5. The molecule has 0 N–H and O–H groups in total.